The number of methoxy groups -OCH3 is 1. The predicted octanol–water partition coefficient (Wildman–Crippen LogP) is 6.10. The van der Waals surface area contributed by atoms with E-state index in [4.69, 9.17) is 25.8 Å². The Morgan fingerprint density at radius 1 is 1.21 bits per heavy atom. The van der Waals surface area contributed by atoms with Gasteiger partial charge in [0, 0.05) is 38.6 Å². The first-order valence-corrected chi connectivity index (χ1v) is 14.8. The molecular weight excluding hydrogens is 592 g/mol. The lowest BCUT2D eigenvalue weighted by molar-refractivity contribution is 0.0389. The standard InChI is InChI=1S/C30H25ClN6O5S/c1-40-19-8-10-36(11-9-19)14-16-2-4-18(5-3-16)34-28(38)27-23-22-24(17(12-32)13-33-29(22)43-27)37(30(39)35-23)25-20(31)6-7-21-26(25)42-15-41-21/h2-7,13,19H,8-11,14-15H2,1H3,(H,34,38)(H,35,39). The number of nitrogens with one attached hydrogen (secondary N) is 2. The number of carbonyl (C=O) groups is 2. The third-order valence-corrected chi connectivity index (χ3v) is 9.25. The van der Waals surface area contributed by atoms with Crippen LogP contribution in [-0.4, -0.2) is 54.9 Å². The van der Waals surface area contributed by atoms with Crippen LogP contribution >= 0.6 is 22.9 Å². The van der Waals surface area contributed by atoms with Crippen LogP contribution in [0.1, 0.15) is 33.6 Å². The van der Waals surface area contributed by atoms with Crippen LogP contribution in [0.2, 0.25) is 5.02 Å². The second kappa shape index (κ2) is 11.0. The highest BCUT2D eigenvalue weighted by Crippen LogP contribution is 2.53. The monoisotopic (exact) mass is 616 g/mol. The average Bonchev–Trinajstić information content (AvgIpc) is 3.65. The molecule has 43 heavy (non-hydrogen) atoms. The van der Waals surface area contributed by atoms with Crippen LogP contribution in [0.25, 0.3) is 10.2 Å². The fourth-order valence-corrected chi connectivity index (χ4v) is 6.94. The van der Waals surface area contributed by atoms with Crippen molar-refractivity contribution in [2.24, 2.45) is 0 Å². The van der Waals surface area contributed by atoms with Crippen LogP contribution in [0.5, 0.6) is 11.5 Å². The summed E-state index contributed by atoms with van der Waals surface area (Å²) in [4.78, 5) is 36.1. The third kappa shape index (κ3) is 4.80. The average molecular weight is 617 g/mol. The zero-order chi connectivity index (χ0) is 29.7. The number of likely N-dealkylation sites (tertiary alicyclic amines) is 1. The second-order valence-electron chi connectivity index (χ2n) is 10.4. The molecule has 5 heterocycles. The molecule has 2 N–H and O–H groups in total. The van der Waals surface area contributed by atoms with Crippen LogP contribution in [-0.2, 0) is 11.3 Å². The van der Waals surface area contributed by atoms with Crippen LogP contribution in [0.15, 0.2) is 42.6 Å². The van der Waals surface area contributed by atoms with E-state index in [-0.39, 0.29) is 45.1 Å². The van der Waals surface area contributed by atoms with Crippen molar-refractivity contribution in [2.45, 2.75) is 25.5 Å². The molecule has 0 unspecified atom stereocenters. The number of carbonyl (C=O) groups excluding carboxylic acids is 2. The summed E-state index contributed by atoms with van der Waals surface area (Å²) in [5.74, 6) is 0.311. The molecule has 4 aromatic rings. The van der Waals surface area contributed by atoms with E-state index >= 15 is 0 Å². The van der Waals surface area contributed by atoms with Gasteiger partial charge in [-0.1, -0.05) is 23.7 Å². The molecule has 7 rings (SSSR count). The maximum atomic E-state index is 13.7. The Morgan fingerprint density at radius 2 is 2.00 bits per heavy atom. The van der Waals surface area contributed by atoms with Gasteiger partial charge in [0.25, 0.3) is 5.91 Å². The molecule has 0 atom stereocenters. The summed E-state index contributed by atoms with van der Waals surface area (Å²) >= 11 is 7.69. The number of amides is 3. The van der Waals surface area contributed by atoms with Crippen molar-refractivity contribution in [3.63, 3.8) is 0 Å². The zero-order valence-electron chi connectivity index (χ0n) is 23.0. The van der Waals surface area contributed by atoms with Crippen molar-refractivity contribution in [3.8, 4) is 17.6 Å². The highest BCUT2D eigenvalue weighted by atomic mass is 35.5. The minimum absolute atomic E-state index is 0.0307. The molecule has 13 heteroatoms. The van der Waals surface area contributed by atoms with Gasteiger partial charge in [0.2, 0.25) is 6.79 Å². The number of hydrogen-bond acceptors (Lipinski definition) is 9. The Morgan fingerprint density at radius 3 is 2.74 bits per heavy atom. The first-order chi connectivity index (χ1) is 20.9. The van der Waals surface area contributed by atoms with Crippen LogP contribution in [0.3, 0.4) is 0 Å². The minimum Gasteiger partial charge on any atom is -0.454 e. The fourth-order valence-electron chi connectivity index (χ4n) is 5.70. The number of piperidine rings is 1. The summed E-state index contributed by atoms with van der Waals surface area (Å²) in [6.45, 7) is 2.77. The number of urea groups is 1. The molecule has 218 valence electrons. The van der Waals surface area contributed by atoms with Crippen molar-refractivity contribution < 1.29 is 23.8 Å². The Kier molecular flexibility index (Phi) is 7.03. The van der Waals surface area contributed by atoms with E-state index in [0.29, 0.717) is 27.8 Å². The number of ether oxygens (including phenoxy) is 3. The summed E-state index contributed by atoms with van der Waals surface area (Å²) in [7, 11) is 1.76. The highest BCUT2D eigenvalue weighted by molar-refractivity contribution is 7.21. The lowest BCUT2D eigenvalue weighted by atomic mass is 10.1. The number of pyridine rings is 1. The van der Waals surface area contributed by atoms with E-state index in [2.05, 4.69) is 26.6 Å². The molecule has 0 saturated carbocycles. The van der Waals surface area contributed by atoms with Gasteiger partial charge in [0.1, 0.15) is 21.5 Å². The van der Waals surface area contributed by atoms with Gasteiger partial charge in [-0.3, -0.25) is 14.6 Å². The van der Waals surface area contributed by atoms with Gasteiger partial charge in [-0.2, -0.15) is 5.26 Å². The van der Waals surface area contributed by atoms with Gasteiger partial charge in [0.05, 0.1) is 33.5 Å². The number of halogens is 1. The molecular formula is C30H25ClN6O5S. The summed E-state index contributed by atoms with van der Waals surface area (Å²) in [6.07, 6.45) is 3.76. The van der Waals surface area contributed by atoms with Crippen molar-refractivity contribution in [2.75, 3.05) is 42.5 Å². The number of nitriles is 1. The van der Waals surface area contributed by atoms with E-state index < -0.39 is 11.9 Å². The Labute approximate surface area is 255 Å². The van der Waals surface area contributed by atoms with Crippen LogP contribution in [0.4, 0.5) is 27.5 Å². The Hall–Kier alpha value is -4.41. The molecule has 3 aliphatic heterocycles. The first-order valence-electron chi connectivity index (χ1n) is 13.7. The number of hydrogen-bond donors (Lipinski definition) is 2. The number of anilines is 4. The van der Waals surface area contributed by atoms with Crippen molar-refractivity contribution in [3.05, 3.63) is 63.6 Å². The molecule has 2 aromatic heterocycles. The molecule has 0 aliphatic carbocycles. The molecule has 3 amide bonds. The number of benzene rings is 2. The molecule has 0 radical (unpaired) electrons. The Bertz CT molecular complexity index is 1810. The van der Waals surface area contributed by atoms with E-state index in [1.807, 2.05) is 24.3 Å². The van der Waals surface area contributed by atoms with Crippen molar-refractivity contribution >= 4 is 67.8 Å². The molecule has 1 saturated heterocycles. The minimum atomic E-state index is -0.603. The second-order valence-corrected chi connectivity index (χ2v) is 11.8. The molecule has 0 spiro atoms. The van der Waals surface area contributed by atoms with E-state index in [1.165, 1.54) is 11.1 Å². The van der Waals surface area contributed by atoms with Gasteiger partial charge in [-0.05, 0) is 42.7 Å². The maximum absolute atomic E-state index is 13.7. The Balaban J connectivity index is 1.18. The first kappa shape index (κ1) is 27.4. The molecule has 3 aliphatic rings. The van der Waals surface area contributed by atoms with Gasteiger partial charge < -0.3 is 24.8 Å². The smallest absolute Gasteiger partial charge is 0.331 e. The molecule has 0 bridgehead atoms. The predicted molar refractivity (Wildman–Crippen MR) is 163 cm³/mol. The quantitative estimate of drug-likeness (QED) is 0.266. The molecule has 11 nitrogen and oxygen atoms in total. The van der Waals surface area contributed by atoms with Crippen molar-refractivity contribution in [1.82, 2.24) is 9.88 Å². The lowest BCUT2D eigenvalue weighted by Crippen LogP contribution is -2.36. The zero-order valence-corrected chi connectivity index (χ0v) is 24.6. The topological polar surface area (TPSA) is 129 Å². The third-order valence-electron chi connectivity index (χ3n) is 7.85. The summed E-state index contributed by atoms with van der Waals surface area (Å²) in [5, 5.41) is 16.4. The number of nitrogens with zero attached hydrogens (tertiary/aromatic N) is 4. The van der Waals surface area contributed by atoms with E-state index in [0.717, 1.165) is 49.4 Å². The van der Waals surface area contributed by atoms with Gasteiger partial charge >= 0.3 is 6.03 Å². The summed E-state index contributed by atoms with van der Waals surface area (Å²) in [6, 6.07) is 12.5. The van der Waals surface area contributed by atoms with Crippen molar-refractivity contribution in [1.29, 1.82) is 5.26 Å². The number of aromatic nitrogens is 1. The lowest BCUT2D eigenvalue weighted by Gasteiger charge is -2.31. The molecule has 1 fully saturated rings. The normalized spacial score (nSPS) is 16.3. The largest absolute Gasteiger partial charge is 0.454 e. The van der Waals surface area contributed by atoms with Gasteiger partial charge in [-0.25, -0.2) is 9.78 Å². The number of thiophene rings is 1. The number of fused-ring (bicyclic) bond motifs is 1. The molecule has 2 aromatic carbocycles. The van der Waals surface area contributed by atoms with Gasteiger partial charge in [-0.15, -0.1) is 11.3 Å². The van der Waals surface area contributed by atoms with Gasteiger partial charge in [0.15, 0.2) is 11.5 Å². The van der Waals surface area contributed by atoms with E-state index in [1.54, 1.807) is 19.2 Å². The van der Waals surface area contributed by atoms with Crippen LogP contribution in [0, 0.1) is 11.3 Å². The summed E-state index contributed by atoms with van der Waals surface area (Å²) in [5.41, 5.74) is 2.71. The number of rotatable bonds is 6. The SMILES string of the molecule is COC1CCN(Cc2ccc(NC(=O)c3sc4ncc(C#N)c5c4c3NC(=O)N5c3c(Cl)ccc4c3OCO4)cc2)CC1. The summed E-state index contributed by atoms with van der Waals surface area (Å²) < 4.78 is 16.6. The van der Waals surface area contributed by atoms with Crippen LogP contribution < -0.4 is 25.0 Å². The fraction of sp³-hybridized carbons (Fsp3) is 0.267. The highest BCUT2D eigenvalue weighted by Gasteiger charge is 2.38. The van der Waals surface area contributed by atoms with E-state index in [9.17, 15) is 14.9 Å². The maximum Gasteiger partial charge on any atom is 0.331 e.